The summed E-state index contributed by atoms with van der Waals surface area (Å²) in [6.45, 7) is 6.95. The molecule has 0 N–H and O–H groups in total. The quantitative estimate of drug-likeness (QED) is 0.718. The highest BCUT2D eigenvalue weighted by atomic mass is 15.2. The minimum atomic E-state index is 0.317. The van der Waals surface area contributed by atoms with Gasteiger partial charge in [-0.1, -0.05) is 32.0 Å². The lowest BCUT2D eigenvalue weighted by atomic mass is 9.79. The molecule has 2 unspecified atom stereocenters. The van der Waals surface area contributed by atoms with E-state index in [4.69, 9.17) is 0 Å². The van der Waals surface area contributed by atoms with Crippen molar-refractivity contribution in [2.75, 3.05) is 0 Å². The summed E-state index contributed by atoms with van der Waals surface area (Å²) in [7, 11) is 0. The third-order valence-electron chi connectivity index (χ3n) is 5.90. The number of nitrogens with zero attached hydrogens (tertiary/aromatic N) is 1. The minimum absolute atomic E-state index is 0.317. The Morgan fingerprint density at radius 1 is 1.05 bits per heavy atom. The highest BCUT2D eigenvalue weighted by Gasteiger charge is 2.76. The second-order valence-electron chi connectivity index (χ2n) is 6.45. The van der Waals surface area contributed by atoms with Gasteiger partial charge in [-0.3, -0.25) is 0 Å². The van der Waals surface area contributed by atoms with Gasteiger partial charge >= 0.3 is 0 Å². The SMILES string of the molecule is CCC12CC1(CC)[n+]1cccc(C)c1-c1ccccc12. The van der Waals surface area contributed by atoms with Gasteiger partial charge in [0.1, 0.15) is 0 Å². The van der Waals surface area contributed by atoms with Crippen molar-refractivity contribution in [2.24, 2.45) is 0 Å². The summed E-state index contributed by atoms with van der Waals surface area (Å²) in [6, 6.07) is 13.5. The maximum absolute atomic E-state index is 2.59. The molecule has 0 bridgehead atoms. The fraction of sp³-hybridized carbons (Fsp3) is 0.421. The van der Waals surface area contributed by atoms with E-state index in [9.17, 15) is 0 Å². The van der Waals surface area contributed by atoms with Gasteiger partial charge in [0.15, 0.2) is 11.7 Å². The van der Waals surface area contributed by atoms with Gasteiger partial charge in [-0.15, -0.1) is 0 Å². The zero-order valence-corrected chi connectivity index (χ0v) is 12.6. The Morgan fingerprint density at radius 3 is 2.60 bits per heavy atom. The number of rotatable bonds is 2. The van der Waals surface area contributed by atoms with Gasteiger partial charge in [-0.25, -0.2) is 0 Å². The fourth-order valence-corrected chi connectivity index (χ4v) is 4.82. The normalized spacial score (nSPS) is 29.4. The van der Waals surface area contributed by atoms with Crippen LogP contribution in [0.1, 0.15) is 44.2 Å². The molecule has 2 heterocycles. The molecule has 1 aliphatic heterocycles. The van der Waals surface area contributed by atoms with Gasteiger partial charge in [0, 0.05) is 24.5 Å². The lowest BCUT2D eigenvalue weighted by molar-refractivity contribution is -0.736. The first-order valence-electron chi connectivity index (χ1n) is 7.82. The van der Waals surface area contributed by atoms with Crippen molar-refractivity contribution >= 4 is 0 Å². The minimum Gasteiger partial charge on any atom is -0.192 e. The molecule has 1 aromatic heterocycles. The highest BCUT2D eigenvalue weighted by molar-refractivity contribution is 5.70. The molecule has 2 aliphatic rings. The van der Waals surface area contributed by atoms with E-state index in [2.05, 4.69) is 67.9 Å². The third-order valence-corrected chi connectivity index (χ3v) is 5.90. The van der Waals surface area contributed by atoms with E-state index >= 15 is 0 Å². The number of hydrogen-bond donors (Lipinski definition) is 0. The molecule has 0 spiro atoms. The zero-order valence-electron chi connectivity index (χ0n) is 12.6. The van der Waals surface area contributed by atoms with E-state index in [-0.39, 0.29) is 0 Å². The molecule has 1 aromatic carbocycles. The molecule has 0 amide bonds. The van der Waals surface area contributed by atoms with Gasteiger partial charge in [-0.2, -0.15) is 4.57 Å². The number of pyridine rings is 1. The maximum atomic E-state index is 2.59. The maximum Gasteiger partial charge on any atom is 0.216 e. The van der Waals surface area contributed by atoms with E-state index in [0.717, 1.165) is 0 Å². The van der Waals surface area contributed by atoms with Crippen molar-refractivity contribution in [1.29, 1.82) is 0 Å². The fourth-order valence-electron chi connectivity index (χ4n) is 4.82. The van der Waals surface area contributed by atoms with Crippen LogP contribution in [-0.2, 0) is 11.0 Å². The summed E-state index contributed by atoms with van der Waals surface area (Å²) in [4.78, 5) is 0. The molecule has 20 heavy (non-hydrogen) atoms. The van der Waals surface area contributed by atoms with Crippen molar-refractivity contribution in [3.8, 4) is 11.3 Å². The molecule has 0 radical (unpaired) electrons. The Morgan fingerprint density at radius 2 is 1.85 bits per heavy atom. The van der Waals surface area contributed by atoms with Crippen molar-refractivity contribution in [2.45, 2.75) is 51.0 Å². The molecular weight excluding hydrogens is 242 g/mol. The Bertz CT molecular complexity index is 703. The summed E-state index contributed by atoms with van der Waals surface area (Å²) in [6.07, 6.45) is 6.05. The summed E-state index contributed by atoms with van der Waals surface area (Å²) in [5.74, 6) is 0. The van der Waals surface area contributed by atoms with Gasteiger partial charge in [0.05, 0.1) is 11.0 Å². The Labute approximate surface area is 121 Å². The number of hydrogen-bond acceptors (Lipinski definition) is 0. The zero-order chi connectivity index (χ0) is 14.0. The topological polar surface area (TPSA) is 3.88 Å². The van der Waals surface area contributed by atoms with Crippen molar-refractivity contribution in [1.82, 2.24) is 0 Å². The van der Waals surface area contributed by atoms with E-state index < -0.39 is 0 Å². The molecule has 1 nitrogen and oxygen atoms in total. The summed E-state index contributed by atoms with van der Waals surface area (Å²) in [5, 5.41) is 0. The van der Waals surface area contributed by atoms with Crippen LogP contribution in [0.5, 0.6) is 0 Å². The largest absolute Gasteiger partial charge is 0.216 e. The molecule has 2 atom stereocenters. The standard InChI is InChI=1S/C19H22N/c1-4-18-13-19(18,5-2)20-12-8-9-14(3)17(20)15-10-6-7-11-16(15)18/h6-12H,4-5,13H2,1-3H3/q+1. The molecular formula is C19H22N+. The first-order valence-corrected chi connectivity index (χ1v) is 7.82. The summed E-state index contributed by atoms with van der Waals surface area (Å²) < 4.78 is 2.59. The van der Waals surface area contributed by atoms with Crippen LogP contribution in [0.4, 0.5) is 0 Å². The Balaban J connectivity index is 2.12. The van der Waals surface area contributed by atoms with Crippen molar-refractivity contribution < 1.29 is 4.57 Å². The second kappa shape index (κ2) is 3.72. The van der Waals surface area contributed by atoms with Crippen LogP contribution in [0.15, 0.2) is 42.6 Å². The van der Waals surface area contributed by atoms with E-state index in [1.807, 2.05) is 0 Å². The molecule has 1 heteroatoms. The van der Waals surface area contributed by atoms with Crippen LogP contribution in [0, 0.1) is 6.92 Å². The Kier molecular flexibility index (Phi) is 2.26. The number of aromatic nitrogens is 1. The van der Waals surface area contributed by atoms with Crippen LogP contribution >= 0.6 is 0 Å². The molecule has 102 valence electrons. The number of benzene rings is 1. The van der Waals surface area contributed by atoms with Gasteiger partial charge < -0.3 is 0 Å². The van der Waals surface area contributed by atoms with E-state index in [1.54, 1.807) is 5.56 Å². The molecule has 1 saturated carbocycles. The van der Waals surface area contributed by atoms with Crippen LogP contribution in [0.2, 0.25) is 0 Å². The molecule has 0 saturated heterocycles. The highest BCUT2D eigenvalue weighted by Crippen LogP contribution is 2.67. The number of fused-ring (bicyclic) bond motifs is 6. The van der Waals surface area contributed by atoms with Crippen LogP contribution in [-0.4, -0.2) is 0 Å². The van der Waals surface area contributed by atoms with E-state index in [1.165, 1.54) is 36.1 Å². The third kappa shape index (κ3) is 1.14. The lowest BCUT2D eigenvalue weighted by Crippen LogP contribution is -2.55. The molecule has 4 rings (SSSR count). The first-order chi connectivity index (χ1) is 9.70. The average molecular weight is 264 g/mol. The molecule has 1 fully saturated rings. The summed E-state index contributed by atoms with van der Waals surface area (Å²) >= 11 is 0. The van der Waals surface area contributed by atoms with Crippen LogP contribution in [0.3, 0.4) is 0 Å². The van der Waals surface area contributed by atoms with Crippen LogP contribution < -0.4 is 4.57 Å². The Hall–Kier alpha value is -1.63. The van der Waals surface area contributed by atoms with Gasteiger partial charge in [0.2, 0.25) is 5.69 Å². The average Bonchev–Trinajstić information content (AvgIpc) is 3.19. The second-order valence-corrected chi connectivity index (χ2v) is 6.45. The summed E-state index contributed by atoms with van der Waals surface area (Å²) in [5.41, 5.74) is 6.55. The molecule has 1 aliphatic carbocycles. The monoisotopic (exact) mass is 264 g/mol. The van der Waals surface area contributed by atoms with Gasteiger partial charge in [0.25, 0.3) is 0 Å². The smallest absolute Gasteiger partial charge is 0.192 e. The lowest BCUT2D eigenvalue weighted by Gasteiger charge is -2.29. The predicted octanol–water partition coefficient (Wildman–Crippen LogP) is 4.12. The van der Waals surface area contributed by atoms with E-state index in [0.29, 0.717) is 11.0 Å². The number of aryl methyl sites for hydroxylation is 1. The molecule has 2 aromatic rings. The van der Waals surface area contributed by atoms with Crippen molar-refractivity contribution in [3.63, 3.8) is 0 Å². The first kappa shape index (κ1) is 12.1. The van der Waals surface area contributed by atoms with Gasteiger partial charge in [-0.05, 0) is 31.0 Å². The van der Waals surface area contributed by atoms with Crippen LogP contribution in [0.25, 0.3) is 11.3 Å². The predicted molar refractivity (Wildman–Crippen MR) is 81.7 cm³/mol. The van der Waals surface area contributed by atoms with Crippen molar-refractivity contribution in [3.05, 3.63) is 53.7 Å².